The zero-order chi connectivity index (χ0) is 14.5. The molecule has 20 heavy (non-hydrogen) atoms. The number of hydrogen-bond donors (Lipinski definition) is 0. The molecular weight excluding hydrogens is 254 g/mol. The number of aromatic nitrogens is 1. The summed E-state index contributed by atoms with van der Waals surface area (Å²) in [4.78, 5) is 15.8. The van der Waals surface area contributed by atoms with Crippen molar-refractivity contribution in [2.75, 3.05) is 7.11 Å². The second kappa shape index (κ2) is 6.19. The van der Waals surface area contributed by atoms with Crippen molar-refractivity contribution in [3.8, 4) is 17.0 Å². The minimum atomic E-state index is -0.438. The zero-order valence-corrected chi connectivity index (χ0v) is 11.8. The van der Waals surface area contributed by atoms with E-state index in [-0.39, 0.29) is 6.10 Å². The molecule has 1 aromatic heterocycles. The highest BCUT2D eigenvalue weighted by Crippen LogP contribution is 2.21. The van der Waals surface area contributed by atoms with Gasteiger partial charge in [-0.25, -0.2) is 9.78 Å². The number of hydrogen-bond acceptors (Lipinski definition) is 4. The van der Waals surface area contributed by atoms with Gasteiger partial charge in [0, 0.05) is 5.56 Å². The van der Waals surface area contributed by atoms with Crippen LogP contribution in [-0.2, 0) is 4.74 Å². The standard InChI is InChI=1S/C16H17NO3/c1-11(2)20-13-9-7-12(8-10-13)14-5-4-6-15(17-14)16(18)19-3/h4-11H,1-3H3. The van der Waals surface area contributed by atoms with Gasteiger partial charge >= 0.3 is 5.97 Å². The van der Waals surface area contributed by atoms with E-state index >= 15 is 0 Å². The van der Waals surface area contributed by atoms with Crippen molar-refractivity contribution in [3.05, 3.63) is 48.2 Å². The van der Waals surface area contributed by atoms with Gasteiger partial charge in [0.15, 0.2) is 0 Å². The lowest BCUT2D eigenvalue weighted by Crippen LogP contribution is -2.05. The van der Waals surface area contributed by atoms with E-state index in [4.69, 9.17) is 4.74 Å². The van der Waals surface area contributed by atoms with E-state index < -0.39 is 5.97 Å². The van der Waals surface area contributed by atoms with E-state index in [0.717, 1.165) is 17.0 Å². The van der Waals surface area contributed by atoms with Gasteiger partial charge in [0.1, 0.15) is 11.4 Å². The van der Waals surface area contributed by atoms with Crippen LogP contribution in [0, 0.1) is 0 Å². The molecule has 0 aliphatic rings. The average molecular weight is 271 g/mol. The molecule has 0 bridgehead atoms. The van der Waals surface area contributed by atoms with Crippen LogP contribution in [0.25, 0.3) is 11.3 Å². The molecule has 0 spiro atoms. The number of carbonyl (C=O) groups excluding carboxylic acids is 1. The Bertz CT molecular complexity index is 591. The lowest BCUT2D eigenvalue weighted by molar-refractivity contribution is 0.0594. The van der Waals surface area contributed by atoms with Gasteiger partial charge in [-0.15, -0.1) is 0 Å². The van der Waals surface area contributed by atoms with Gasteiger partial charge in [-0.05, 0) is 50.2 Å². The Labute approximate surface area is 118 Å². The first-order valence-electron chi connectivity index (χ1n) is 6.42. The highest BCUT2D eigenvalue weighted by Gasteiger charge is 2.08. The van der Waals surface area contributed by atoms with E-state index in [1.807, 2.05) is 44.2 Å². The molecule has 1 aromatic carbocycles. The summed E-state index contributed by atoms with van der Waals surface area (Å²) in [6, 6.07) is 12.9. The summed E-state index contributed by atoms with van der Waals surface area (Å²) in [5.74, 6) is 0.375. The van der Waals surface area contributed by atoms with E-state index in [9.17, 15) is 4.79 Å². The third-order valence-electron chi connectivity index (χ3n) is 2.67. The minimum Gasteiger partial charge on any atom is -0.491 e. The molecule has 0 saturated carbocycles. The highest BCUT2D eigenvalue weighted by molar-refractivity contribution is 5.87. The molecule has 104 valence electrons. The van der Waals surface area contributed by atoms with Gasteiger partial charge in [0.25, 0.3) is 0 Å². The van der Waals surface area contributed by atoms with Crippen molar-refractivity contribution in [3.63, 3.8) is 0 Å². The second-order valence-corrected chi connectivity index (χ2v) is 4.59. The number of methoxy groups -OCH3 is 1. The van der Waals surface area contributed by atoms with Crippen LogP contribution < -0.4 is 4.74 Å². The first kappa shape index (κ1) is 14.1. The lowest BCUT2D eigenvalue weighted by atomic mass is 10.1. The van der Waals surface area contributed by atoms with Crippen molar-refractivity contribution >= 4 is 5.97 Å². The van der Waals surface area contributed by atoms with Crippen LogP contribution >= 0.6 is 0 Å². The summed E-state index contributed by atoms with van der Waals surface area (Å²) in [6.07, 6.45) is 0.140. The van der Waals surface area contributed by atoms with Crippen molar-refractivity contribution in [1.29, 1.82) is 0 Å². The van der Waals surface area contributed by atoms with Crippen LogP contribution in [0.3, 0.4) is 0 Å². The molecule has 0 saturated heterocycles. The van der Waals surface area contributed by atoms with Gasteiger partial charge in [-0.3, -0.25) is 0 Å². The second-order valence-electron chi connectivity index (χ2n) is 4.59. The largest absolute Gasteiger partial charge is 0.491 e. The van der Waals surface area contributed by atoms with E-state index in [2.05, 4.69) is 9.72 Å². The highest BCUT2D eigenvalue weighted by atomic mass is 16.5. The Hall–Kier alpha value is -2.36. The predicted octanol–water partition coefficient (Wildman–Crippen LogP) is 3.32. The van der Waals surface area contributed by atoms with Gasteiger partial charge in [-0.1, -0.05) is 6.07 Å². The third kappa shape index (κ3) is 3.35. The molecule has 4 heteroatoms. The Balaban J connectivity index is 2.25. The molecule has 0 fully saturated rings. The lowest BCUT2D eigenvalue weighted by Gasteiger charge is -2.10. The number of pyridine rings is 1. The molecule has 2 aromatic rings. The van der Waals surface area contributed by atoms with Crippen LogP contribution in [0.4, 0.5) is 0 Å². The number of rotatable bonds is 4. The summed E-state index contributed by atoms with van der Waals surface area (Å²) in [7, 11) is 1.34. The Morgan fingerprint density at radius 1 is 1.10 bits per heavy atom. The van der Waals surface area contributed by atoms with E-state index in [0.29, 0.717) is 5.69 Å². The smallest absolute Gasteiger partial charge is 0.356 e. The summed E-state index contributed by atoms with van der Waals surface area (Å²) in [5.41, 5.74) is 1.95. The quantitative estimate of drug-likeness (QED) is 0.800. The summed E-state index contributed by atoms with van der Waals surface area (Å²) < 4.78 is 10.3. The molecule has 0 radical (unpaired) electrons. The monoisotopic (exact) mass is 271 g/mol. The van der Waals surface area contributed by atoms with E-state index in [1.54, 1.807) is 12.1 Å². The van der Waals surface area contributed by atoms with E-state index in [1.165, 1.54) is 7.11 Å². The fraction of sp³-hybridized carbons (Fsp3) is 0.250. The number of ether oxygens (including phenoxy) is 2. The molecule has 0 unspecified atom stereocenters. The van der Waals surface area contributed by atoms with Crippen LogP contribution in [-0.4, -0.2) is 24.2 Å². The fourth-order valence-electron chi connectivity index (χ4n) is 1.79. The first-order chi connectivity index (χ1) is 9.60. The van der Waals surface area contributed by atoms with Gasteiger partial charge < -0.3 is 9.47 Å². The molecule has 0 amide bonds. The molecule has 1 heterocycles. The third-order valence-corrected chi connectivity index (χ3v) is 2.67. The topological polar surface area (TPSA) is 48.4 Å². The molecule has 2 rings (SSSR count). The molecule has 4 nitrogen and oxygen atoms in total. The molecule has 0 atom stereocenters. The maximum Gasteiger partial charge on any atom is 0.356 e. The molecular formula is C16H17NO3. The Kier molecular flexibility index (Phi) is 4.35. The Morgan fingerprint density at radius 3 is 2.40 bits per heavy atom. The average Bonchev–Trinajstić information content (AvgIpc) is 2.47. The summed E-state index contributed by atoms with van der Waals surface area (Å²) in [5, 5.41) is 0. The zero-order valence-electron chi connectivity index (χ0n) is 11.8. The van der Waals surface area contributed by atoms with Crippen molar-refractivity contribution in [2.45, 2.75) is 20.0 Å². The van der Waals surface area contributed by atoms with Gasteiger partial charge in [-0.2, -0.15) is 0 Å². The SMILES string of the molecule is COC(=O)c1cccc(-c2ccc(OC(C)C)cc2)n1. The fourth-order valence-corrected chi connectivity index (χ4v) is 1.79. The van der Waals surface area contributed by atoms with Gasteiger partial charge in [0.05, 0.1) is 18.9 Å². The maximum atomic E-state index is 11.5. The van der Waals surface area contributed by atoms with Crippen LogP contribution in [0.1, 0.15) is 24.3 Å². The summed E-state index contributed by atoms with van der Waals surface area (Å²) >= 11 is 0. The number of esters is 1. The van der Waals surface area contributed by atoms with Crippen LogP contribution in [0.5, 0.6) is 5.75 Å². The van der Waals surface area contributed by atoms with Crippen LogP contribution in [0.15, 0.2) is 42.5 Å². The van der Waals surface area contributed by atoms with Crippen LogP contribution in [0.2, 0.25) is 0 Å². The molecule has 0 aliphatic heterocycles. The number of nitrogens with zero attached hydrogens (tertiary/aromatic N) is 1. The number of carbonyl (C=O) groups is 1. The molecule has 0 aliphatic carbocycles. The summed E-state index contributed by atoms with van der Waals surface area (Å²) in [6.45, 7) is 3.96. The first-order valence-corrected chi connectivity index (χ1v) is 6.42. The number of benzene rings is 1. The minimum absolute atomic E-state index is 0.140. The van der Waals surface area contributed by atoms with Gasteiger partial charge in [0.2, 0.25) is 0 Å². The molecule has 0 N–H and O–H groups in total. The Morgan fingerprint density at radius 2 is 1.80 bits per heavy atom. The predicted molar refractivity (Wildman–Crippen MR) is 76.8 cm³/mol. The van der Waals surface area contributed by atoms with Crippen molar-refractivity contribution in [2.24, 2.45) is 0 Å². The normalized spacial score (nSPS) is 10.4. The maximum absolute atomic E-state index is 11.5. The van der Waals surface area contributed by atoms with Crippen molar-refractivity contribution in [1.82, 2.24) is 4.98 Å². The van der Waals surface area contributed by atoms with Crippen molar-refractivity contribution < 1.29 is 14.3 Å².